The molecule has 1 aliphatic carbocycles. The number of nitrogens with one attached hydrogen (secondary N) is 3. The fraction of sp³-hybridized carbons (Fsp3) is 0.895. The Morgan fingerprint density at radius 1 is 1.12 bits per heavy atom. The second-order valence-corrected chi connectivity index (χ2v) is 6.96. The number of carbonyl (C=O) groups is 1. The van der Waals surface area contributed by atoms with Gasteiger partial charge in [-0.05, 0) is 39.0 Å². The lowest BCUT2D eigenvalue weighted by Gasteiger charge is -2.22. The van der Waals surface area contributed by atoms with Gasteiger partial charge in [0.15, 0.2) is 5.96 Å². The van der Waals surface area contributed by atoms with Crippen LogP contribution in [0.2, 0.25) is 0 Å². The molecule has 0 heterocycles. The van der Waals surface area contributed by atoms with Crippen LogP contribution >= 0.6 is 0 Å². The van der Waals surface area contributed by atoms with Crippen LogP contribution in [0.15, 0.2) is 4.99 Å². The van der Waals surface area contributed by atoms with Crippen molar-refractivity contribution in [3.05, 3.63) is 0 Å². The van der Waals surface area contributed by atoms with Crippen LogP contribution in [0.5, 0.6) is 0 Å². The summed E-state index contributed by atoms with van der Waals surface area (Å²) in [6.07, 6.45) is 6.57. The number of hydrogen-bond donors (Lipinski definition) is 3. The van der Waals surface area contributed by atoms with E-state index in [-0.39, 0.29) is 11.8 Å². The van der Waals surface area contributed by atoms with Gasteiger partial charge in [0.1, 0.15) is 0 Å². The Morgan fingerprint density at radius 2 is 1.80 bits per heavy atom. The molecule has 0 aliphatic heterocycles. The predicted octanol–water partition coefficient (Wildman–Crippen LogP) is 2.30. The summed E-state index contributed by atoms with van der Waals surface area (Å²) >= 11 is 0. The van der Waals surface area contributed by atoms with E-state index in [0.29, 0.717) is 25.1 Å². The van der Waals surface area contributed by atoms with Crippen molar-refractivity contribution in [3.63, 3.8) is 0 Å². The van der Waals surface area contributed by atoms with Gasteiger partial charge >= 0.3 is 0 Å². The summed E-state index contributed by atoms with van der Waals surface area (Å²) in [5, 5.41) is 9.43. The lowest BCUT2D eigenvalue weighted by molar-refractivity contribution is -0.123. The fourth-order valence-electron chi connectivity index (χ4n) is 3.21. The normalized spacial score (nSPS) is 16.9. The number of guanidine groups is 1. The zero-order valence-electron chi connectivity index (χ0n) is 16.6. The summed E-state index contributed by atoms with van der Waals surface area (Å²) in [6, 6.07) is 0. The van der Waals surface area contributed by atoms with Crippen molar-refractivity contribution in [2.75, 3.05) is 32.8 Å². The molecule has 1 atom stereocenters. The molecule has 0 radical (unpaired) electrons. The number of carbonyl (C=O) groups excluding carboxylic acids is 1. The highest BCUT2D eigenvalue weighted by molar-refractivity contribution is 5.80. The van der Waals surface area contributed by atoms with E-state index < -0.39 is 0 Å². The molecule has 0 aromatic heterocycles. The first-order chi connectivity index (χ1) is 12.1. The van der Waals surface area contributed by atoms with Gasteiger partial charge in [0.2, 0.25) is 5.91 Å². The van der Waals surface area contributed by atoms with Crippen molar-refractivity contribution in [2.24, 2.45) is 16.8 Å². The molecule has 0 aromatic carbocycles. The summed E-state index contributed by atoms with van der Waals surface area (Å²) in [5.74, 6) is 1.62. The molecule has 1 amide bonds. The first-order valence-electron chi connectivity index (χ1n) is 9.99. The smallest absolute Gasteiger partial charge is 0.222 e. The lowest BCUT2D eigenvalue weighted by Crippen LogP contribution is -2.42. The topological polar surface area (TPSA) is 74.8 Å². The third kappa shape index (κ3) is 9.10. The summed E-state index contributed by atoms with van der Waals surface area (Å²) < 4.78 is 5.96. The highest BCUT2D eigenvalue weighted by Crippen LogP contribution is 2.30. The van der Waals surface area contributed by atoms with Gasteiger partial charge in [-0.2, -0.15) is 0 Å². The Bertz CT molecular complexity index is 393. The molecular weight excluding hydrogens is 316 g/mol. The van der Waals surface area contributed by atoms with Gasteiger partial charge in [0, 0.05) is 38.7 Å². The Hall–Kier alpha value is -1.30. The van der Waals surface area contributed by atoms with Crippen LogP contribution in [0.1, 0.15) is 59.8 Å². The van der Waals surface area contributed by atoms with E-state index in [1.165, 1.54) is 25.7 Å². The molecule has 1 rings (SSSR count). The molecule has 1 fully saturated rings. The van der Waals surface area contributed by atoms with Gasteiger partial charge in [-0.1, -0.05) is 26.7 Å². The maximum Gasteiger partial charge on any atom is 0.222 e. The molecule has 6 nitrogen and oxygen atoms in total. The van der Waals surface area contributed by atoms with Gasteiger partial charge < -0.3 is 20.7 Å². The molecule has 1 saturated carbocycles. The van der Waals surface area contributed by atoms with Gasteiger partial charge in [-0.15, -0.1) is 0 Å². The number of aliphatic imine (C=N–C) groups is 1. The maximum atomic E-state index is 11.5. The number of ether oxygens (including phenoxy) is 1. The standard InChI is InChI=1S/C19H38N4O2/c1-5-20-19(23-14-13-21-18(24)15(3)4)22-12-11-17(25-6-2)16-9-7-8-10-16/h15-17H,5-14H2,1-4H3,(H,21,24)(H2,20,22,23). The van der Waals surface area contributed by atoms with E-state index in [2.05, 4.69) is 34.8 Å². The molecule has 1 aliphatic rings. The molecule has 146 valence electrons. The van der Waals surface area contributed by atoms with Crippen LogP contribution < -0.4 is 16.0 Å². The third-order valence-electron chi connectivity index (χ3n) is 4.58. The van der Waals surface area contributed by atoms with Crippen molar-refractivity contribution >= 4 is 11.9 Å². The van der Waals surface area contributed by atoms with E-state index in [9.17, 15) is 4.79 Å². The fourth-order valence-corrected chi connectivity index (χ4v) is 3.21. The van der Waals surface area contributed by atoms with Crippen LogP contribution in [0.4, 0.5) is 0 Å². The van der Waals surface area contributed by atoms with Crippen LogP contribution in [0, 0.1) is 11.8 Å². The molecule has 1 unspecified atom stereocenters. The van der Waals surface area contributed by atoms with Crippen LogP contribution in [0.3, 0.4) is 0 Å². The Balaban J connectivity index is 2.36. The first kappa shape index (κ1) is 21.7. The first-order valence-corrected chi connectivity index (χ1v) is 9.99. The summed E-state index contributed by atoms with van der Waals surface area (Å²) in [6.45, 7) is 11.5. The van der Waals surface area contributed by atoms with Crippen LogP contribution in [0.25, 0.3) is 0 Å². The van der Waals surface area contributed by atoms with Crippen molar-refractivity contribution in [2.45, 2.75) is 65.9 Å². The van der Waals surface area contributed by atoms with E-state index in [0.717, 1.165) is 32.1 Å². The number of nitrogens with zero attached hydrogens (tertiary/aromatic N) is 1. The summed E-state index contributed by atoms with van der Waals surface area (Å²) in [7, 11) is 0. The third-order valence-corrected chi connectivity index (χ3v) is 4.58. The van der Waals surface area contributed by atoms with E-state index in [1.807, 2.05) is 13.8 Å². The zero-order valence-corrected chi connectivity index (χ0v) is 16.6. The molecule has 3 N–H and O–H groups in total. The number of hydrogen-bond acceptors (Lipinski definition) is 3. The van der Waals surface area contributed by atoms with Crippen molar-refractivity contribution in [1.29, 1.82) is 0 Å². The molecule has 0 aromatic rings. The largest absolute Gasteiger partial charge is 0.378 e. The quantitative estimate of drug-likeness (QED) is 0.302. The zero-order chi connectivity index (χ0) is 18.5. The summed E-state index contributed by atoms with van der Waals surface area (Å²) in [5.41, 5.74) is 0. The molecular formula is C19H38N4O2. The highest BCUT2D eigenvalue weighted by atomic mass is 16.5. The van der Waals surface area contributed by atoms with Gasteiger partial charge in [0.25, 0.3) is 0 Å². The van der Waals surface area contributed by atoms with Gasteiger partial charge in [-0.3, -0.25) is 9.79 Å². The van der Waals surface area contributed by atoms with E-state index in [1.54, 1.807) is 0 Å². The Morgan fingerprint density at radius 3 is 2.40 bits per heavy atom. The van der Waals surface area contributed by atoms with Crippen LogP contribution in [-0.2, 0) is 9.53 Å². The maximum absolute atomic E-state index is 11.5. The number of rotatable bonds is 11. The minimum absolute atomic E-state index is 0.0213. The van der Waals surface area contributed by atoms with Gasteiger partial charge in [0.05, 0.1) is 6.10 Å². The second-order valence-electron chi connectivity index (χ2n) is 6.96. The average molecular weight is 355 g/mol. The van der Waals surface area contributed by atoms with E-state index in [4.69, 9.17) is 4.74 Å². The van der Waals surface area contributed by atoms with Crippen molar-refractivity contribution in [3.8, 4) is 0 Å². The SMILES string of the molecule is CCNC(=NCCC(OCC)C1CCCC1)NCCNC(=O)C(C)C. The molecule has 0 spiro atoms. The lowest BCUT2D eigenvalue weighted by atomic mass is 9.98. The second kappa shape index (κ2) is 13.0. The average Bonchev–Trinajstić information content (AvgIpc) is 3.11. The predicted molar refractivity (Wildman–Crippen MR) is 104 cm³/mol. The van der Waals surface area contributed by atoms with E-state index >= 15 is 0 Å². The Kier molecular flexibility index (Phi) is 11.3. The minimum atomic E-state index is 0.0213. The summed E-state index contributed by atoms with van der Waals surface area (Å²) in [4.78, 5) is 16.2. The highest BCUT2D eigenvalue weighted by Gasteiger charge is 2.24. The van der Waals surface area contributed by atoms with Crippen molar-refractivity contribution in [1.82, 2.24) is 16.0 Å². The monoisotopic (exact) mass is 354 g/mol. The van der Waals surface area contributed by atoms with Crippen molar-refractivity contribution < 1.29 is 9.53 Å². The Labute approximate surface area is 153 Å². The molecule has 25 heavy (non-hydrogen) atoms. The molecule has 6 heteroatoms. The molecule has 0 bridgehead atoms. The minimum Gasteiger partial charge on any atom is -0.378 e. The number of amides is 1. The molecule has 0 saturated heterocycles. The van der Waals surface area contributed by atoms with Crippen LogP contribution in [-0.4, -0.2) is 50.8 Å². The van der Waals surface area contributed by atoms with Gasteiger partial charge in [-0.25, -0.2) is 0 Å².